The number of hydrogen-bond acceptors (Lipinski definition) is 6. The molecule has 4 aromatic rings. The number of dihydropyridines is 1. The average Bonchev–Trinajstić information content (AvgIpc) is 3.31. The van der Waals surface area contributed by atoms with E-state index in [1.54, 1.807) is 10.9 Å². The van der Waals surface area contributed by atoms with E-state index in [-0.39, 0.29) is 13.2 Å². The molecule has 0 bridgehead atoms. The van der Waals surface area contributed by atoms with Crippen LogP contribution in [0.25, 0.3) is 10.9 Å². The molecule has 1 aliphatic rings. The van der Waals surface area contributed by atoms with Gasteiger partial charge in [0.1, 0.15) is 13.2 Å². The maximum absolute atomic E-state index is 13.6. The molecule has 7 heteroatoms. The van der Waals surface area contributed by atoms with Crippen molar-refractivity contribution in [2.45, 2.75) is 33.0 Å². The van der Waals surface area contributed by atoms with E-state index in [2.05, 4.69) is 10.4 Å². The Morgan fingerprint density at radius 1 is 0.816 bits per heavy atom. The highest BCUT2D eigenvalue weighted by Crippen LogP contribution is 2.40. The first-order valence-electron chi connectivity index (χ1n) is 12.4. The molecule has 1 aliphatic heterocycles. The Kier molecular flexibility index (Phi) is 7.09. The fourth-order valence-electron chi connectivity index (χ4n) is 4.83. The molecule has 1 N–H and O–H groups in total. The van der Waals surface area contributed by atoms with Crippen LogP contribution in [-0.4, -0.2) is 21.7 Å². The van der Waals surface area contributed by atoms with Crippen LogP contribution in [0.15, 0.2) is 108 Å². The lowest BCUT2D eigenvalue weighted by Crippen LogP contribution is -2.32. The molecule has 2 heterocycles. The van der Waals surface area contributed by atoms with Gasteiger partial charge in [0, 0.05) is 23.8 Å². The SMILES string of the molecule is CC1=C(C(=O)OCc2ccccc2)C(c2ccc3c(cnn3C)c2)C(C(=O)OCc2ccccc2)=C(C)N1. The van der Waals surface area contributed by atoms with Gasteiger partial charge in [0.05, 0.1) is 28.8 Å². The van der Waals surface area contributed by atoms with E-state index in [1.165, 1.54) is 0 Å². The molecular weight excluding hydrogens is 478 g/mol. The average molecular weight is 508 g/mol. The Hall–Kier alpha value is -4.65. The molecule has 7 nitrogen and oxygen atoms in total. The number of carbonyl (C=O) groups is 2. The molecule has 1 aromatic heterocycles. The van der Waals surface area contributed by atoms with Gasteiger partial charge >= 0.3 is 11.9 Å². The van der Waals surface area contributed by atoms with Crippen molar-refractivity contribution >= 4 is 22.8 Å². The lowest BCUT2D eigenvalue weighted by Gasteiger charge is -2.30. The third-order valence-electron chi connectivity index (χ3n) is 6.73. The number of nitrogens with zero attached hydrogens (tertiary/aromatic N) is 2. The highest BCUT2D eigenvalue weighted by atomic mass is 16.5. The lowest BCUT2D eigenvalue weighted by molar-refractivity contribution is -0.141. The Morgan fingerprint density at radius 2 is 1.34 bits per heavy atom. The number of nitrogens with one attached hydrogen (secondary N) is 1. The van der Waals surface area contributed by atoms with Crippen molar-refractivity contribution in [2.75, 3.05) is 0 Å². The molecule has 0 saturated carbocycles. The molecule has 0 amide bonds. The largest absolute Gasteiger partial charge is 0.457 e. The number of allylic oxidation sites excluding steroid dienone is 2. The zero-order valence-corrected chi connectivity index (χ0v) is 21.6. The minimum atomic E-state index is -0.674. The van der Waals surface area contributed by atoms with Crippen molar-refractivity contribution in [1.82, 2.24) is 15.1 Å². The van der Waals surface area contributed by atoms with Crippen LogP contribution in [0, 0.1) is 0 Å². The second kappa shape index (κ2) is 10.8. The quantitative estimate of drug-likeness (QED) is 0.342. The van der Waals surface area contributed by atoms with Crippen LogP contribution < -0.4 is 5.32 Å². The van der Waals surface area contributed by atoms with Crippen molar-refractivity contribution in [3.63, 3.8) is 0 Å². The summed E-state index contributed by atoms with van der Waals surface area (Å²) in [5.74, 6) is -1.65. The summed E-state index contributed by atoms with van der Waals surface area (Å²) in [7, 11) is 1.87. The Balaban J connectivity index is 1.51. The topological polar surface area (TPSA) is 82.5 Å². The third-order valence-corrected chi connectivity index (χ3v) is 6.73. The molecule has 38 heavy (non-hydrogen) atoms. The molecular formula is C31H29N3O4. The van der Waals surface area contributed by atoms with E-state index in [4.69, 9.17) is 9.47 Å². The Morgan fingerprint density at radius 3 is 1.87 bits per heavy atom. The summed E-state index contributed by atoms with van der Waals surface area (Å²) in [6, 6.07) is 24.9. The molecule has 0 fully saturated rings. The third kappa shape index (κ3) is 5.09. The molecule has 3 aromatic carbocycles. The van der Waals surface area contributed by atoms with E-state index < -0.39 is 17.9 Å². The van der Waals surface area contributed by atoms with Gasteiger partial charge in [0.25, 0.3) is 0 Å². The fourth-order valence-corrected chi connectivity index (χ4v) is 4.83. The predicted octanol–water partition coefficient (Wildman–Crippen LogP) is 5.29. The fraction of sp³-hybridized carbons (Fsp3) is 0.194. The zero-order valence-electron chi connectivity index (χ0n) is 21.6. The number of ether oxygens (including phenoxy) is 2. The van der Waals surface area contributed by atoms with Crippen molar-refractivity contribution in [2.24, 2.45) is 7.05 Å². The molecule has 0 saturated heterocycles. The number of fused-ring (bicyclic) bond motifs is 1. The highest BCUT2D eigenvalue weighted by Gasteiger charge is 2.38. The molecule has 0 aliphatic carbocycles. The molecule has 192 valence electrons. The number of benzene rings is 3. The van der Waals surface area contributed by atoms with Crippen molar-refractivity contribution in [3.8, 4) is 0 Å². The maximum atomic E-state index is 13.6. The molecule has 0 unspecified atom stereocenters. The highest BCUT2D eigenvalue weighted by molar-refractivity contribution is 6.00. The molecule has 0 atom stereocenters. The van der Waals surface area contributed by atoms with Crippen molar-refractivity contribution in [3.05, 3.63) is 124 Å². The van der Waals surface area contributed by atoms with Crippen molar-refractivity contribution < 1.29 is 19.1 Å². The van der Waals surface area contributed by atoms with Gasteiger partial charge in [-0.1, -0.05) is 66.7 Å². The van der Waals surface area contributed by atoms with Gasteiger partial charge in [-0.05, 0) is 42.7 Å². The van der Waals surface area contributed by atoms with Crippen LogP contribution >= 0.6 is 0 Å². The first kappa shape index (κ1) is 25.0. The summed E-state index contributed by atoms with van der Waals surface area (Å²) in [6.07, 6.45) is 1.77. The van der Waals surface area contributed by atoms with E-state index in [0.29, 0.717) is 22.5 Å². The second-order valence-electron chi connectivity index (χ2n) is 9.35. The minimum absolute atomic E-state index is 0.126. The number of aryl methyl sites for hydroxylation is 1. The summed E-state index contributed by atoms with van der Waals surface area (Å²) >= 11 is 0. The Bertz CT molecular complexity index is 1470. The molecule has 5 rings (SSSR count). The van der Waals surface area contributed by atoms with Crippen molar-refractivity contribution in [1.29, 1.82) is 0 Å². The van der Waals surface area contributed by atoms with Gasteiger partial charge in [0.15, 0.2) is 0 Å². The van der Waals surface area contributed by atoms with E-state index in [9.17, 15) is 9.59 Å². The van der Waals surface area contributed by atoms with Crippen LogP contribution in [0.3, 0.4) is 0 Å². The summed E-state index contributed by atoms with van der Waals surface area (Å²) in [5.41, 5.74) is 5.51. The number of aromatic nitrogens is 2. The van der Waals surface area contributed by atoms with E-state index in [0.717, 1.165) is 27.6 Å². The first-order valence-corrected chi connectivity index (χ1v) is 12.4. The van der Waals surface area contributed by atoms with Gasteiger partial charge in [-0.3, -0.25) is 4.68 Å². The van der Waals surface area contributed by atoms with Crippen LogP contribution in [-0.2, 0) is 39.3 Å². The zero-order chi connectivity index (χ0) is 26.6. The number of esters is 2. The predicted molar refractivity (Wildman–Crippen MR) is 144 cm³/mol. The van der Waals surface area contributed by atoms with Gasteiger partial charge in [0.2, 0.25) is 0 Å². The van der Waals surface area contributed by atoms with Crippen LogP contribution in [0.4, 0.5) is 0 Å². The normalized spacial score (nSPS) is 14.0. The molecule has 0 radical (unpaired) electrons. The van der Waals surface area contributed by atoms with E-state index >= 15 is 0 Å². The maximum Gasteiger partial charge on any atom is 0.337 e. The summed E-state index contributed by atoms with van der Waals surface area (Å²) in [5, 5.41) is 8.47. The van der Waals surface area contributed by atoms with Crippen LogP contribution in [0.2, 0.25) is 0 Å². The van der Waals surface area contributed by atoms with Gasteiger partial charge in [-0.15, -0.1) is 0 Å². The second-order valence-corrected chi connectivity index (χ2v) is 9.35. The monoisotopic (exact) mass is 507 g/mol. The standard InChI is InChI=1S/C31H29N3O4/c1-20-27(30(35)37-18-22-10-6-4-7-11-22)29(24-14-15-26-25(16-24)17-32-34(26)3)28(21(2)33-20)31(36)38-19-23-12-8-5-9-13-23/h4-17,29,33H,18-19H2,1-3H3. The molecule has 0 spiro atoms. The van der Waals surface area contributed by atoms with Crippen LogP contribution in [0.1, 0.15) is 36.5 Å². The first-order chi connectivity index (χ1) is 18.4. The summed E-state index contributed by atoms with van der Waals surface area (Å²) in [4.78, 5) is 27.2. The van der Waals surface area contributed by atoms with E-state index in [1.807, 2.05) is 99.8 Å². The minimum Gasteiger partial charge on any atom is -0.457 e. The summed E-state index contributed by atoms with van der Waals surface area (Å²) in [6.45, 7) is 3.90. The number of carbonyl (C=O) groups excluding carboxylic acids is 2. The summed E-state index contributed by atoms with van der Waals surface area (Å²) < 4.78 is 13.3. The van der Waals surface area contributed by atoms with Crippen LogP contribution in [0.5, 0.6) is 0 Å². The van der Waals surface area contributed by atoms with Gasteiger partial charge in [-0.2, -0.15) is 5.10 Å². The Labute approximate surface area is 221 Å². The van der Waals surface area contributed by atoms with Gasteiger partial charge < -0.3 is 14.8 Å². The number of hydrogen-bond donors (Lipinski definition) is 1. The van der Waals surface area contributed by atoms with Gasteiger partial charge in [-0.25, -0.2) is 9.59 Å². The number of rotatable bonds is 7. The lowest BCUT2D eigenvalue weighted by atomic mass is 9.80. The smallest absolute Gasteiger partial charge is 0.337 e.